The van der Waals surface area contributed by atoms with Crippen LogP contribution in [0.2, 0.25) is 0 Å². The number of ether oxygens (including phenoxy) is 1. The summed E-state index contributed by atoms with van der Waals surface area (Å²) in [5, 5.41) is 3.82. The van der Waals surface area contributed by atoms with Gasteiger partial charge >= 0.3 is 5.69 Å². The minimum atomic E-state index is -0.199. The second kappa shape index (κ2) is 3.87. The van der Waals surface area contributed by atoms with Gasteiger partial charge in [0.15, 0.2) is 0 Å². The van der Waals surface area contributed by atoms with E-state index in [0.717, 1.165) is 0 Å². The zero-order valence-corrected chi connectivity index (χ0v) is 7.10. The lowest BCUT2D eigenvalue weighted by molar-refractivity contribution is 0.128. The highest BCUT2D eigenvalue weighted by molar-refractivity contribution is 5.16. The molecule has 0 unspecified atom stereocenters. The van der Waals surface area contributed by atoms with Crippen LogP contribution in [0.4, 0.5) is 0 Å². The van der Waals surface area contributed by atoms with Gasteiger partial charge in [-0.05, 0) is 6.92 Å². The first-order chi connectivity index (χ1) is 5.79. The Morgan fingerprint density at radius 1 is 1.75 bits per heavy atom. The van der Waals surface area contributed by atoms with Crippen LogP contribution in [0.25, 0.3) is 6.20 Å². The Labute approximate surface area is 69.9 Å². The van der Waals surface area contributed by atoms with Gasteiger partial charge in [-0.2, -0.15) is 9.78 Å². The minimum Gasteiger partial charge on any atom is -0.364 e. The van der Waals surface area contributed by atoms with Crippen molar-refractivity contribution in [1.29, 1.82) is 0 Å². The van der Waals surface area contributed by atoms with Crippen molar-refractivity contribution in [3.63, 3.8) is 0 Å². The molecule has 0 aliphatic rings. The molecule has 0 radical (unpaired) electrons. The van der Waals surface area contributed by atoms with Crippen LogP contribution >= 0.6 is 0 Å². The fourth-order valence-corrected chi connectivity index (χ4v) is 0.819. The molecule has 0 saturated heterocycles. The van der Waals surface area contributed by atoms with E-state index in [0.29, 0.717) is 0 Å². The van der Waals surface area contributed by atoms with Crippen LogP contribution in [0, 0.1) is 0 Å². The molecule has 12 heavy (non-hydrogen) atoms. The molecule has 0 amide bonds. The molecular weight excluding hydrogens is 158 g/mol. The summed E-state index contributed by atoms with van der Waals surface area (Å²) < 4.78 is 7.41. The standard InChI is InChI=1S/C7H11N3O2/c1-3-4-10-7(11)9(5-8-10)6-12-2/h3-5H,6H2,1-2H3/b4-3+. The normalized spacial score (nSPS) is 11.2. The summed E-state index contributed by atoms with van der Waals surface area (Å²) in [4.78, 5) is 11.3. The van der Waals surface area contributed by atoms with Crippen LogP contribution < -0.4 is 5.69 Å². The Bertz CT molecular complexity index is 324. The van der Waals surface area contributed by atoms with Crippen molar-refractivity contribution < 1.29 is 4.74 Å². The monoisotopic (exact) mass is 169 g/mol. The number of hydrogen-bond donors (Lipinski definition) is 0. The summed E-state index contributed by atoms with van der Waals surface area (Å²) in [6.45, 7) is 2.05. The van der Waals surface area contributed by atoms with Gasteiger partial charge in [0.25, 0.3) is 0 Å². The van der Waals surface area contributed by atoms with Crippen molar-refractivity contribution >= 4 is 6.20 Å². The number of rotatable bonds is 3. The molecule has 0 atom stereocenters. The van der Waals surface area contributed by atoms with Gasteiger partial charge < -0.3 is 4.74 Å². The fraction of sp³-hybridized carbons (Fsp3) is 0.429. The summed E-state index contributed by atoms with van der Waals surface area (Å²) in [5.74, 6) is 0. The van der Waals surface area contributed by atoms with Crippen LogP contribution in [0.3, 0.4) is 0 Å². The lowest BCUT2D eigenvalue weighted by Gasteiger charge is -1.94. The largest absolute Gasteiger partial charge is 0.364 e. The summed E-state index contributed by atoms with van der Waals surface area (Å²) in [7, 11) is 1.53. The van der Waals surface area contributed by atoms with Gasteiger partial charge in [-0.3, -0.25) is 4.57 Å². The molecular formula is C7H11N3O2. The van der Waals surface area contributed by atoms with Crippen molar-refractivity contribution in [2.45, 2.75) is 13.7 Å². The number of hydrogen-bond acceptors (Lipinski definition) is 3. The van der Waals surface area contributed by atoms with E-state index in [9.17, 15) is 4.79 Å². The van der Waals surface area contributed by atoms with Gasteiger partial charge in [-0.25, -0.2) is 4.79 Å². The maximum atomic E-state index is 11.3. The number of nitrogens with zero attached hydrogens (tertiary/aromatic N) is 3. The van der Waals surface area contributed by atoms with Crippen LogP contribution in [0.15, 0.2) is 17.2 Å². The van der Waals surface area contributed by atoms with Crippen LogP contribution in [-0.4, -0.2) is 21.5 Å². The first-order valence-electron chi connectivity index (χ1n) is 3.55. The quantitative estimate of drug-likeness (QED) is 0.646. The molecule has 5 nitrogen and oxygen atoms in total. The molecule has 0 N–H and O–H groups in total. The molecule has 0 saturated carbocycles. The Morgan fingerprint density at radius 2 is 2.50 bits per heavy atom. The van der Waals surface area contributed by atoms with Crippen molar-refractivity contribution in [3.05, 3.63) is 22.9 Å². The van der Waals surface area contributed by atoms with Gasteiger partial charge in [0.2, 0.25) is 0 Å². The van der Waals surface area contributed by atoms with Crippen molar-refractivity contribution in [2.24, 2.45) is 0 Å². The van der Waals surface area contributed by atoms with Gasteiger partial charge in [-0.15, -0.1) is 0 Å². The molecule has 0 aliphatic heterocycles. The summed E-state index contributed by atoms with van der Waals surface area (Å²) in [6.07, 6.45) is 4.77. The predicted octanol–water partition coefficient (Wildman–Crippen LogP) is 0.139. The predicted molar refractivity (Wildman–Crippen MR) is 44.5 cm³/mol. The molecule has 0 fully saturated rings. The average molecular weight is 169 g/mol. The van der Waals surface area contributed by atoms with Crippen molar-refractivity contribution in [2.75, 3.05) is 7.11 Å². The Hall–Kier alpha value is -1.36. The molecule has 5 heteroatoms. The van der Waals surface area contributed by atoms with E-state index in [1.165, 1.54) is 22.7 Å². The first-order valence-corrected chi connectivity index (χ1v) is 3.55. The van der Waals surface area contributed by atoms with Crippen LogP contribution in [-0.2, 0) is 11.5 Å². The highest BCUT2D eigenvalue weighted by atomic mass is 16.5. The topological polar surface area (TPSA) is 49.0 Å². The first kappa shape index (κ1) is 8.73. The molecule has 0 aromatic carbocycles. The maximum Gasteiger partial charge on any atom is 0.351 e. The molecule has 1 rings (SSSR count). The molecule has 1 aromatic heterocycles. The average Bonchev–Trinajstić information content (AvgIpc) is 2.38. The second-order valence-electron chi connectivity index (χ2n) is 2.23. The molecule has 0 spiro atoms. The van der Waals surface area contributed by atoms with E-state index >= 15 is 0 Å². The van der Waals surface area contributed by atoms with E-state index in [2.05, 4.69) is 5.10 Å². The lowest BCUT2D eigenvalue weighted by Crippen LogP contribution is -2.22. The number of allylic oxidation sites excluding steroid dienone is 1. The Kier molecular flexibility index (Phi) is 2.82. The van der Waals surface area contributed by atoms with E-state index in [1.54, 1.807) is 12.3 Å². The van der Waals surface area contributed by atoms with Crippen LogP contribution in [0.1, 0.15) is 6.92 Å². The van der Waals surface area contributed by atoms with Crippen molar-refractivity contribution in [3.8, 4) is 0 Å². The molecule has 0 bridgehead atoms. The highest BCUT2D eigenvalue weighted by Gasteiger charge is 1.99. The van der Waals surface area contributed by atoms with E-state index in [-0.39, 0.29) is 12.4 Å². The number of methoxy groups -OCH3 is 1. The van der Waals surface area contributed by atoms with Gasteiger partial charge in [-0.1, -0.05) is 6.08 Å². The Balaban J connectivity index is 2.97. The summed E-state index contributed by atoms with van der Waals surface area (Å²) >= 11 is 0. The van der Waals surface area contributed by atoms with Crippen LogP contribution in [0.5, 0.6) is 0 Å². The second-order valence-corrected chi connectivity index (χ2v) is 2.23. The van der Waals surface area contributed by atoms with Gasteiger partial charge in [0, 0.05) is 13.3 Å². The van der Waals surface area contributed by atoms with Gasteiger partial charge in [0.05, 0.1) is 0 Å². The van der Waals surface area contributed by atoms with E-state index in [4.69, 9.17) is 4.74 Å². The smallest absolute Gasteiger partial charge is 0.351 e. The Morgan fingerprint density at radius 3 is 3.08 bits per heavy atom. The van der Waals surface area contributed by atoms with E-state index in [1.807, 2.05) is 6.92 Å². The maximum absolute atomic E-state index is 11.3. The molecule has 1 heterocycles. The van der Waals surface area contributed by atoms with Gasteiger partial charge in [0.1, 0.15) is 13.1 Å². The summed E-state index contributed by atoms with van der Waals surface area (Å²) in [5.41, 5.74) is -0.199. The van der Waals surface area contributed by atoms with Crippen molar-refractivity contribution in [1.82, 2.24) is 14.3 Å². The zero-order valence-electron chi connectivity index (χ0n) is 7.10. The molecule has 0 aliphatic carbocycles. The zero-order chi connectivity index (χ0) is 8.97. The summed E-state index contributed by atoms with van der Waals surface area (Å²) in [6, 6.07) is 0. The lowest BCUT2D eigenvalue weighted by atomic mass is 10.7. The van der Waals surface area contributed by atoms with E-state index < -0.39 is 0 Å². The molecule has 66 valence electrons. The minimum absolute atomic E-state index is 0.199. The molecule has 1 aromatic rings. The third-order valence-corrected chi connectivity index (χ3v) is 1.32. The third kappa shape index (κ3) is 1.62. The fourth-order valence-electron chi connectivity index (χ4n) is 0.819. The number of aromatic nitrogens is 3. The highest BCUT2D eigenvalue weighted by Crippen LogP contribution is 1.81. The third-order valence-electron chi connectivity index (χ3n) is 1.32. The SMILES string of the molecule is C/C=C/n1ncn(COC)c1=O.